The van der Waals surface area contributed by atoms with Crippen molar-refractivity contribution in [1.29, 1.82) is 0 Å². The molecule has 0 aliphatic carbocycles. The zero-order valence-electron chi connectivity index (χ0n) is 14.5. The maximum absolute atomic E-state index is 6.25. The Morgan fingerprint density at radius 2 is 1.54 bits per heavy atom. The van der Waals surface area contributed by atoms with E-state index >= 15 is 0 Å². The Labute approximate surface area is 144 Å². The standard InChI is InChI=1S/C22H25NO/c1-16-9-17(2)11-19(10-16)14-24-15-22(23)13-18-7-8-20-5-3-4-6-21(20)12-18/h3-12,22H,13-15,23H2,1-2H3/t22-/m0/s1. The van der Waals surface area contributed by atoms with Crippen LogP contribution in [0.1, 0.15) is 22.3 Å². The summed E-state index contributed by atoms with van der Waals surface area (Å²) in [6, 6.07) is 21.5. The molecule has 2 nitrogen and oxygen atoms in total. The van der Waals surface area contributed by atoms with Gasteiger partial charge in [-0.25, -0.2) is 0 Å². The monoisotopic (exact) mass is 319 g/mol. The van der Waals surface area contributed by atoms with Crippen molar-refractivity contribution in [3.63, 3.8) is 0 Å². The van der Waals surface area contributed by atoms with Crippen molar-refractivity contribution in [1.82, 2.24) is 0 Å². The Bertz CT molecular complexity index is 805. The van der Waals surface area contributed by atoms with Gasteiger partial charge in [-0.3, -0.25) is 0 Å². The topological polar surface area (TPSA) is 35.2 Å². The first kappa shape index (κ1) is 16.7. The van der Waals surface area contributed by atoms with Gasteiger partial charge in [0.2, 0.25) is 0 Å². The van der Waals surface area contributed by atoms with E-state index in [0.29, 0.717) is 13.2 Å². The maximum atomic E-state index is 6.25. The number of benzene rings is 3. The number of aryl methyl sites for hydroxylation is 2. The lowest BCUT2D eigenvalue weighted by atomic mass is 10.0. The normalized spacial score (nSPS) is 12.5. The number of fused-ring (bicyclic) bond motifs is 1. The van der Waals surface area contributed by atoms with Crippen LogP contribution in [0.4, 0.5) is 0 Å². The molecule has 2 N–H and O–H groups in total. The highest BCUT2D eigenvalue weighted by Crippen LogP contribution is 2.16. The summed E-state index contributed by atoms with van der Waals surface area (Å²) in [5.74, 6) is 0. The lowest BCUT2D eigenvalue weighted by molar-refractivity contribution is 0.108. The van der Waals surface area contributed by atoms with Crippen LogP contribution in [0, 0.1) is 13.8 Å². The van der Waals surface area contributed by atoms with Crippen LogP contribution in [0.15, 0.2) is 60.7 Å². The molecule has 0 spiro atoms. The number of hydrogen-bond acceptors (Lipinski definition) is 2. The average molecular weight is 319 g/mol. The third kappa shape index (κ3) is 4.44. The van der Waals surface area contributed by atoms with Gasteiger partial charge in [0.05, 0.1) is 13.2 Å². The predicted octanol–water partition coefficient (Wildman–Crippen LogP) is 4.54. The summed E-state index contributed by atoms with van der Waals surface area (Å²) in [4.78, 5) is 0. The van der Waals surface area contributed by atoms with Crippen LogP contribution in [-0.4, -0.2) is 12.6 Å². The molecule has 0 aromatic heterocycles. The number of nitrogens with two attached hydrogens (primary N) is 1. The maximum Gasteiger partial charge on any atom is 0.0717 e. The zero-order chi connectivity index (χ0) is 16.9. The van der Waals surface area contributed by atoms with E-state index in [4.69, 9.17) is 10.5 Å². The quantitative estimate of drug-likeness (QED) is 0.724. The van der Waals surface area contributed by atoms with Crippen molar-refractivity contribution < 1.29 is 4.74 Å². The van der Waals surface area contributed by atoms with Crippen LogP contribution in [-0.2, 0) is 17.8 Å². The average Bonchev–Trinajstić information content (AvgIpc) is 2.54. The molecule has 0 amide bonds. The summed E-state index contributed by atoms with van der Waals surface area (Å²) in [5, 5.41) is 2.53. The smallest absolute Gasteiger partial charge is 0.0717 e. The molecular weight excluding hydrogens is 294 g/mol. The molecule has 0 saturated carbocycles. The fourth-order valence-corrected chi connectivity index (χ4v) is 3.21. The first-order chi connectivity index (χ1) is 11.6. The first-order valence-electron chi connectivity index (χ1n) is 8.48. The van der Waals surface area contributed by atoms with Gasteiger partial charge in [0.25, 0.3) is 0 Å². The van der Waals surface area contributed by atoms with Crippen molar-refractivity contribution in [2.24, 2.45) is 5.73 Å². The summed E-state index contributed by atoms with van der Waals surface area (Å²) in [5.41, 5.74) is 11.3. The molecule has 2 heteroatoms. The molecule has 0 saturated heterocycles. The Balaban J connectivity index is 1.53. The van der Waals surface area contributed by atoms with Gasteiger partial charge in [0.15, 0.2) is 0 Å². The molecule has 0 aliphatic rings. The molecule has 124 valence electrons. The van der Waals surface area contributed by atoms with Crippen molar-refractivity contribution in [3.8, 4) is 0 Å². The SMILES string of the molecule is Cc1cc(C)cc(COC[C@@H](N)Cc2ccc3ccccc3c2)c1. The van der Waals surface area contributed by atoms with E-state index in [1.54, 1.807) is 0 Å². The minimum absolute atomic E-state index is 0.0112. The van der Waals surface area contributed by atoms with Crippen LogP contribution >= 0.6 is 0 Å². The minimum Gasteiger partial charge on any atom is -0.375 e. The molecule has 0 bridgehead atoms. The van der Waals surface area contributed by atoms with Crippen molar-refractivity contribution >= 4 is 10.8 Å². The molecule has 3 rings (SSSR count). The molecule has 24 heavy (non-hydrogen) atoms. The molecular formula is C22H25NO. The van der Waals surface area contributed by atoms with E-state index < -0.39 is 0 Å². The minimum atomic E-state index is 0.0112. The van der Waals surface area contributed by atoms with Crippen molar-refractivity contribution in [3.05, 3.63) is 82.9 Å². The Morgan fingerprint density at radius 1 is 0.833 bits per heavy atom. The van der Waals surface area contributed by atoms with Crippen LogP contribution in [0.25, 0.3) is 10.8 Å². The van der Waals surface area contributed by atoms with Gasteiger partial charge in [-0.2, -0.15) is 0 Å². The molecule has 0 unspecified atom stereocenters. The Hall–Kier alpha value is -2.16. The van der Waals surface area contributed by atoms with E-state index in [-0.39, 0.29) is 6.04 Å². The molecule has 0 heterocycles. The Morgan fingerprint density at radius 3 is 2.29 bits per heavy atom. The van der Waals surface area contributed by atoms with Gasteiger partial charge in [-0.15, -0.1) is 0 Å². The van der Waals surface area contributed by atoms with Gasteiger partial charge in [-0.05, 0) is 42.2 Å². The van der Waals surface area contributed by atoms with Crippen molar-refractivity contribution in [2.45, 2.75) is 32.9 Å². The van der Waals surface area contributed by atoms with Crippen LogP contribution in [0.2, 0.25) is 0 Å². The van der Waals surface area contributed by atoms with Gasteiger partial charge in [0, 0.05) is 6.04 Å². The highest BCUT2D eigenvalue weighted by Gasteiger charge is 2.06. The lowest BCUT2D eigenvalue weighted by Gasteiger charge is -2.13. The second-order valence-electron chi connectivity index (χ2n) is 6.66. The van der Waals surface area contributed by atoms with Gasteiger partial charge < -0.3 is 10.5 Å². The molecule has 3 aromatic carbocycles. The molecule has 3 aromatic rings. The second kappa shape index (κ2) is 7.61. The fourth-order valence-electron chi connectivity index (χ4n) is 3.21. The molecule has 0 aliphatic heterocycles. The third-order valence-corrected chi connectivity index (χ3v) is 4.19. The molecule has 1 atom stereocenters. The van der Waals surface area contributed by atoms with Crippen LogP contribution in [0.5, 0.6) is 0 Å². The number of rotatable bonds is 6. The fraction of sp³-hybridized carbons (Fsp3) is 0.273. The van der Waals surface area contributed by atoms with E-state index in [1.807, 2.05) is 0 Å². The number of hydrogen-bond donors (Lipinski definition) is 1. The van der Waals surface area contributed by atoms with Crippen LogP contribution < -0.4 is 5.73 Å². The van der Waals surface area contributed by atoms with E-state index in [9.17, 15) is 0 Å². The van der Waals surface area contributed by atoms with Crippen molar-refractivity contribution in [2.75, 3.05) is 6.61 Å². The van der Waals surface area contributed by atoms with Crippen LogP contribution in [0.3, 0.4) is 0 Å². The third-order valence-electron chi connectivity index (χ3n) is 4.19. The second-order valence-corrected chi connectivity index (χ2v) is 6.66. The zero-order valence-corrected chi connectivity index (χ0v) is 14.5. The summed E-state index contributed by atoms with van der Waals surface area (Å²) < 4.78 is 5.83. The first-order valence-corrected chi connectivity index (χ1v) is 8.48. The summed E-state index contributed by atoms with van der Waals surface area (Å²) in [7, 11) is 0. The summed E-state index contributed by atoms with van der Waals surface area (Å²) in [6.07, 6.45) is 0.831. The summed E-state index contributed by atoms with van der Waals surface area (Å²) >= 11 is 0. The number of ether oxygens (including phenoxy) is 1. The van der Waals surface area contributed by atoms with E-state index in [1.165, 1.54) is 33.0 Å². The van der Waals surface area contributed by atoms with E-state index in [2.05, 4.69) is 74.5 Å². The summed E-state index contributed by atoms with van der Waals surface area (Å²) in [6.45, 7) is 5.41. The van der Waals surface area contributed by atoms with Gasteiger partial charge in [0.1, 0.15) is 0 Å². The van der Waals surface area contributed by atoms with E-state index in [0.717, 1.165) is 6.42 Å². The highest BCUT2D eigenvalue weighted by molar-refractivity contribution is 5.82. The molecule has 0 radical (unpaired) electrons. The largest absolute Gasteiger partial charge is 0.375 e. The van der Waals surface area contributed by atoms with Gasteiger partial charge in [-0.1, -0.05) is 71.8 Å². The lowest BCUT2D eigenvalue weighted by Crippen LogP contribution is -2.28. The predicted molar refractivity (Wildman–Crippen MR) is 101 cm³/mol. The highest BCUT2D eigenvalue weighted by atomic mass is 16.5. The molecule has 0 fully saturated rings. The Kier molecular flexibility index (Phi) is 5.29. The van der Waals surface area contributed by atoms with Gasteiger partial charge >= 0.3 is 0 Å².